The maximum atomic E-state index is 12.5. The molecule has 13 heteroatoms. The van der Waals surface area contributed by atoms with Crippen LogP contribution in [0.15, 0.2) is 0 Å². The molecule has 0 aromatic rings. The summed E-state index contributed by atoms with van der Waals surface area (Å²) in [5, 5.41) is 25.6. The fourth-order valence-electron chi connectivity index (χ4n) is 2.42. The third kappa shape index (κ3) is 10.5. The normalized spacial score (nSPS) is 15.6. The molecule has 5 unspecified atom stereocenters. The van der Waals surface area contributed by atoms with Crippen molar-refractivity contribution in [3.8, 4) is 0 Å². The van der Waals surface area contributed by atoms with E-state index in [1.165, 1.54) is 11.8 Å². The van der Waals surface area contributed by atoms with Gasteiger partial charge in [0.1, 0.15) is 18.1 Å². The zero-order chi connectivity index (χ0) is 24.1. The minimum atomic E-state index is -1.56. The molecular formula is C18H33N5O7S. The predicted octanol–water partition coefficient (Wildman–Crippen LogP) is -2.48. The standard InChI is InChI=1S/C18H33N5O7S/c1-4-9(2)14(20)17(28)23-12(8-24)16(27)21-10(5-6-31-3)15(26)22-11(18(29)30)7-13(19)25/h9-12,14,24H,4-8,20H2,1-3H3,(H2,19,25)(H,21,27)(H,22,26)(H,23,28)(H,29,30). The molecule has 0 fully saturated rings. The van der Waals surface area contributed by atoms with Crippen molar-refractivity contribution < 1.29 is 34.2 Å². The molecule has 0 aliphatic carbocycles. The van der Waals surface area contributed by atoms with Crippen LogP contribution in [0.5, 0.6) is 0 Å². The molecule has 0 aromatic heterocycles. The van der Waals surface area contributed by atoms with Crippen LogP contribution in [0.3, 0.4) is 0 Å². The van der Waals surface area contributed by atoms with Crippen LogP contribution in [0, 0.1) is 5.92 Å². The lowest BCUT2D eigenvalue weighted by atomic mass is 9.99. The summed E-state index contributed by atoms with van der Waals surface area (Å²) < 4.78 is 0. The third-order valence-electron chi connectivity index (χ3n) is 4.64. The summed E-state index contributed by atoms with van der Waals surface area (Å²) in [4.78, 5) is 59.6. The van der Waals surface area contributed by atoms with Crippen molar-refractivity contribution in [1.82, 2.24) is 16.0 Å². The number of rotatable bonds is 15. The molecule has 0 radical (unpaired) electrons. The number of carbonyl (C=O) groups excluding carboxylic acids is 4. The number of aliphatic hydroxyl groups is 1. The number of aliphatic carboxylic acids is 1. The van der Waals surface area contributed by atoms with Gasteiger partial charge in [-0.1, -0.05) is 20.3 Å². The maximum Gasteiger partial charge on any atom is 0.326 e. The van der Waals surface area contributed by atoms with Crippen molar-refractivity contribution in [3.05, 3.63) is 0 Å². The molecule has 5 atom stereocenters. The van der Waals surface area contributed by atoms with Gasteiger partial charge in [-0.2, -0.15) is 11.8 Å². The molecule has 31 heavy (non-hydrogen) atoms. The van der Waals surface area contributed by atoms with Crippen LogP contribution in [0.25, 0.3) is 0 Å². The number of amides is 4. The molecule has 0 aromatic carbocycles. The van der Waals surface area contributed by atoms with E-state index in [0.717, 1.165) is 0 Å². The van der Waals surface area contributed by atoms with E-state index in [9.17, 15) is 29.1 Å². The number of nitrogens with one attached hydrogen (secondary N) is 3. The number of nitrogens with two attached hydrogens (primary N) is 2. The molecule has 12 nitrogen and oxygen atoms in total. The zero-order valence-corrected chi connectivity index (χ0v) is 18.7. The number of aliphatic hydroxyl groups excluding tert-OH is 1. The van der Waals surface area contributed by atoms with Gasteiger partial charge in [0.2, 0.25) is 23.6 Å². The third-order valence-corrected chi connectivity index (χ3v) is 5.28. The summed E-state index contributed by atoms with van der Waals surface area (Å²) in [5.74, 6) is -4.38. The van der Waals surface area contributed by atoms with Gasteiger partial charge in [0.05, 0.1) is 19.1 Å². The zero-order valence-electron chi connectivity index (χ0n) is 17.9. The van der Waals surface area contributed by atoms with E-state index < -0.39 is 66.8 Å². The van der Waals surface area contributed by atoms with E-state index in [-0.39, 0.29) is 12.3 Å². The summed E-state index contributed by atoms with van der Waals surface area (Å²) >= 11 is 1.39. The van der Waals surface area contributed by atoms with E-state index in [4.69, 9.17) is 16.6 Å². The fourth-order valence-corrected chi connectivity index (χ4v) is 2.90. The molecule has 0 bridgehead atoms. The van der Waals surface area contributed by atoms with Gasteiger partial charge in [0.15, 0.2) is 0 Å². The lowest BCUT2D eigenvalue weighted by molar-refractivity contribution is -0.143. The van der Waals surface area contributed by atoms with Crippen LogP contribution in [0.1, 0.15) is 33.1 Å². The van der Waals surface area contributed by atoms with E-state index in [1.807, 2.05) is 6.92 Å². The number of hydrogen-bond donors (Lipinski definition) is 7. The number of hydrogen-bond acceptors (Lipinski definition) is 8. The summed E-state index contributed by atoms with van der Waals surface area (Å²) in [6.45, 7) is 2.89. The molecule has 0 heterocycles. The SMILES string of the molecule is CCC(C)C(N)C(=O)NC(CO)C(=O)NC(CCSC)C(=O)NC(CC(N)=O)C(=O)O. The van der Waals surface area contributed by atoms with Gasteiger partial charge in [0, 0.05) is 0 Å². The number of carbonyl (C=O) groups is 5. The van der Waals surface area contributed by atoms with Crippen molar-refractivity contribution in [2.24, 2.45) is 17.4 Å². The summed E-state index contributed by atoms with van der Waals surface area (Å²) in [6.07, 6.45) is 1.93. The van der Waals surface area contributed by atoms with Crippen LogP contribution in [0.2, 0.25) is 0 Å². The average Bonchev–Trinajstić information content (AvgIpc) is 2.72. The number of carboxylic acid groups (broad SMARTS) is 1. The van der Waals surface area contributed by atoms with Gasteiger partial charge in [-0.25, -0.2) is 4.79 Å². The highest BCUT2D eigenvalue weighted by Gasteiger charge is 2.31. The molecule has 0 saturated heterocycles. The minimum Gasteiger partial charge on any atom is -0.480 e. The Morgan fingerprint density at radius 1 is 0.968 bits per heavy atom. The van der Waals surface area contributed by atoms with Crippen molar-refractivity contribution >= 4 is 41.4 Å². The lowest BCUT2D eigenvalue weighted by Crippen LogP contribution is -2.58. The van der Waals surface area contributed by atoms with Crippen LogP contribution in [-0.2, 0) is 24.0 Å². The van der Waals surface area contributed by atoms with E-state index in [1.54, 1.807) is 13.2 Å². The quantitative estimate of drug-likeness (QED) is 0.137. The Labute approximate surface area is 185 Å². The first kappa shape index (κ1) is 28.6. The highest BCUT2D eigenvalue weighted by Crippen LogP contribution is 2.06. The first-order valence-electron chi connectivity index (χ1n) is 9.75. The maximum absolute atomic E-state index is 12.5. The highest BCUT2D eigenvalue weighted by molar-refractivity contribution is 7.98. The van der Waals surface area contributed by atoms with Gasteiger partial charge >= 0.3 is 5.97 Å². The van der Waals surface area contributed by atoms with Crippen LogP contribution in [-0.4, -0.2) is 82.6 Å². The molecule has 0 rings (SSSR count). The number of thioether (sulfide) groups is 1. The highest BCUT2D eigenvalue weighted by atomic mass is 32.2. The van der Waals surface area contributed by atoms with Gasteiger partial charge in [-0.05, 0) is 24.3 Å². The Morgan fingerprint density at radius 3 is 1.94 bits per heavy atom. The first-order valence-corrected chi connectivity index (χ1v) is 11.1. The molecule has 0 saturated carbocycles. The monoisotopic (exact) mass is 463 g/mol. The molecule has 9 N–H and O–H groups in total. The Hall–Kier alpha value is -2.38. The Morgan fingerprint density at radius 2 is 1.48 bits per heavy atom. The van der Waals surface area contributed by atoms with Crippen molar-refractivity contribution in [2.75, 3.05) is 18.6 Å². The second kappa shape index (κ2) is 14.6. The molecular weight excluding hydrogens is 430 g/mol. The summed E-state index contributed by atoms with van der Waals surface area (Å²) in [5.41, 5.74) is 10.8. The average molecular weight is 464 g/mol. The Balaban J connectivity index is 5.27. The van der Waals surface area contributed by atoms with Gasteiger partial charge in [-0.15, -0.1) is 0 Å². The summed E-state index contributed by atoms with van der Waals surface area (Å²) in [6, 6.07) is -4.95. The second-order valence-corrected chi connectivity index (χ2v) is 8.05. The predicted molar refractivity (Wildman–Crippen MR) is 115 cm³/mol. The first-order chi connectivity index (χ1) is 14.5. The van der Waals surface area contributed by atoms with Crippen LogP contribution >= 0.6 is 11.8 Å². The van der Waals surface area contributed by atoms with Gasteiger partial charge in [-0.3, -0.25) is 19.2 Å². The van der Waals surface area contributed by atoms with E-state index in [2.05, 4.69) is 16.0 Å². The molecule has 0 aliphatic rings. The molecule has 0 aliphatic heterocycles. The number of primary amides is 1. The topological polar surface area (TPSA) is 214 Å². The van der Waals surface area contributed by atoms with Crippen LogP contribution < -0.4 is 27.4 Å². The minimum absolute atomic E-state index is 0.139. The van der Waals surface area contributed by atoms with Crippen LogP contribution in [0.4, 0.5) is 0 Å². The molecule has 178 valence electrons. The van der Waals surface area contributed by atoms with Crippen molar-refractivity contribution in [3.63, 3.8) is 0 Å². The van der Waals surface area contributed by atoms with Crippen molar-refractivity contribution in [2.45, 2.75) is 57.3 Å². The largest absolute Gasteiger partial charge is 0.480 e. The Kier molecular flexibility index (Phi) is 13.5. The number of carboxylic acids is 1. The summed E-state index contributed by atoms with van der Waals surface area (Å²) in [7, 11) is 0. The molecule has 0 spiro atoms. The fraction of sp³-hybridized carbons (Fsp3) is 0.722. The smallest absolute Gasteiger partial charge is 0.326 e. The van der Waals surface area contributed by atoms with Crippen molar-refractivity contribution in [1.29, 1.82) is 0 Å². The van der Waals surface area contributed by atoms with Gasteiger partial charge in [0.25, 0.3) is 0 Å². The second-order valence-electron chi connectivity index (χ2n) is 7.07. The van der Waals surface area contributed by atoms with E-state index >= 15 is 0 Å². The van der Waals surface area contributed by atoms with Gasteiger partial charge < -0.3 is 37.6 Å². The Bertz CT molecular complexity index is 649. The lowest BCUT2D eigenvalue weighted by Gasteiger charge is -2.25. The molecule has 4 amide bonds. The van der Waals surface area contributed by atoms with E-state index in [0.29, 0.717) is 12.2 Å².